The van der Waals surface area contributed by atoms with Crippen LogP contribution in [0.4, 0.5) is 0 Å². The Morgan fingerprint density at radius 2 is 1.66 bits per heavy atom. The Morgan fingerprint density at radius 3 is 2.29 bits per heavy atom. The van der Waals surface area contributed by atoms with E-state index in [0.717, 1.165) is 19.3 Å². The average molecular weight is 533 g/mol. The van der Waals surface area contributed by atoms with Gasteiger partial charge in [-0.3, -0.25) is 14.4 Å². The van der Waals surface area contributed by atoms with Gasteiger partial charge in [0.05, 0.1) is 5.60 Å². The van der Waals surface area contributed by atoms with Crippen molar-refractivity contribution in [3.8, 4) is 0 Å². The van der Waals surface area contributed by atoms with Crippen LogP contribution in [0.15, 0.2) is 23.3 Å². The van der Waals surface area contributed by atoms with Crippen molar-refractivity contribution in [2.75, 3.05) is 6.61 Å². The van der Waals surface area contributed by atoms with E-state index >= 15 is 0 Å². The van der Waals surface area contributed by atoms with E-state index in [1.54, 1.807) is 13.0 Å². The van der Waals surface area contributed by atoms with Gasteiger partial charge in [-0.2, -0.15) is 0 Å². The Kier molecular flexibility index (Phi) is 9.04. The second-order valence-corrected chi connectivity index (χ2v) is 12.8. The Bertz CT molecular complexity index is 994. The maximum Gasteiger partial charge on any atom is 0.306 e. The third kappa shape index (κ3) is 5.38. The summed E-state index contributed by atoms with van der Waals surface area (Å²) in [6.45, 7) is 12.8. The highest BCUT2D eigenvalue weighted by molar-refractivity contribution is 6.04. The molecule has 1 saturated carbocycles. The summed E-state index contributed by atoms with van der Waals surface area (Å²) in [5, 5.41) is 24.3. The first-order chi connectivity index (χ1) is 17.6. The minimum absolute atomic E-state index is 0.0273. The van der Waals surface area contributed by atoms with Crippen molar-refractivity contribution in [3.63, 3.8) is 0 Å². The summed E-state index contributed by atoms with van der Waals surface area (Å²) in [7, 11) is 0. The van der Waals surface area contributed by atoms with Crippen LogP contribution in [-0.2, 0) is 23.9 Å². The molecule has 0 saturated heterocycles. The number of hydrogen-bond acceptors (Lipinski definition) is 7. The number of fused-ring (bicyclic) bond motifs is 3. The molecule has 6 atom stereocenters. The molecule has 0 unspecified atom stereocenters. The highest BCUT2D eigenvalue weighted by Gasteiger charge is 2.69. The van der Waals surface area contributed by atoms with Gasteiger partial charge in [0.25, 0.3) is 0 Å². The molecular formula is C31H48O7. The number of hydrogen-bond donors (Lipinski definition) is 2. The monoisotopic (exact) mass is 532 g/mol. The lowest BCUT2D eigenvalue weighted by Crippen LogP contribution is -2.68. The first kappa shape index (κ1) is 30.6. The van der Waals surface area contributed by atoms with Gasteiger partial charge in [0.15, 0.2) is 5.78 Å². The summed E-state index contributed by atoms with van der Waals surface area (Å²) in [6, 6.07) is 0. The molecule has 0 heterocycles. The van der Waals surface area contributed by atoms with Crippen LogP contribution in [-0.4, -0.2) is 51.3 Å². The van der Waals surface area contributed by atoms with Gasteiger partial charge in [-0.05, 0) is 43.8 Å². The number of unbranched alkanes of at least 4 members (excludes halogenated alkanes) is 5. The fraction of sp³-hybridized carbons (Fsp3) is 0.774. The van der Waals surface area contributed by atoms with Crippen molar-refractivity contribution in [3.05, 3.63) is 23.3 Å². The molecule has 0 bridgehead atoms. The summed E-state index contributed by atoms with van der Waals surface area (Å²) < 4.78 is 11.5. The lowest BCUT2D eigenvalue weighted by Gasteiger charge is -2.61. The number of Topliss-reactive ketones (excluding diaryl/α,β-unsaturated/α-hetero) is 1. The minimum Gasteiger partial charge on any atom is -0.461 e. The van der Waals surface area contributed by atoms with Crippen LogP contribution >= 0.6 is 0 Å². The third-order valence-electron chi connectivity index (χ3n) is 9.73. The van der Waals surface area contributed by atoms with Crippen molar-refractivity contribution in [1.82, 2.24) is 0 Å². The minimum atomic E-state index is -1.83. The molecule has 3 aliphatic carbocycles. The molecule has 3 rings (SSSR count). The summed E-state index contributed by atoms with van der Waals surface area (Å²) in [5.41, 5.74) is -3.94. The SMILES string of the molecule is CCCCCCCCC(=O)OCC1=C[C@H]2C(C)(C)[C@](C)(OC(C)=O)C[C@@H](C)[C@]2(O)[C@@H]2C=C(C)C(=O)[C@@]2(O)C1. The summed E-state index contributed by atoms with van der Waals surface area (Å²) in [5.74, 6) is -2.93. The van der Waals surface area contributed by atoms with Crippen molar-refractivity contribution in [1.29, 1.82) is 0 Å². The van der Waals surface area contributed by atoms with Crippen molar-refractivity contribution in [2.45, 2.75) is 123 Å². The first-order valence-corrected chi connectivity index (χ1v) is 14.4. The highest BCUT2D eigenvalue weighted by atomic mass is 16.6. The maximum absolute atomic E-state index is 13.3. The summed E-state index contributed by atoms with van der Waals surface area (Å²) in [6.07, 6.45) is 10.7. The zero-order valence-corrected chi connectivity index (χ0v) is 24.4. The molecule has 3 aliphatic rings. The second kappa shape index (κ2) is 11.2. The number of carbonyl (C=O) groups excluding carboxylic acids is 3. The smallest absolute Gasteiger partial charge is 0.306 e. The van der Waals surface area contributed by atoms with E-state index < -0.39 is 51.7 Å². The molecule has 7 nitrogen and oxygen atoms in total. The standard InChI is InChI=1S/C31H48O7/c1-8-9-10-11-12-13-14-26(33)37-19-23-16-24-28(5,6)29(7,38-22(4)32)17-21(3)31(24,36)25-15-20(2)27(34)30(25,35)18-23/h15-16,21,24-25,35-36H,8-14,17-19H2,1-7H3/t21-,24+,25-,29-,30-,31-/m1/s1. The lowest BCUT2D eigenvalue weighted by atomic mass is 9.48. The predicted octanol–water partition coefficient (Wildman–Crippen LogP) is 5.22. The van der Waals surface area contributed by atoms with E-state index in [1.807, 2.05) is 33.8 Å². The first-order valence-electron chi connectivity index (χ1n) is 14.4. The number of rotatable bonds is 10. The maximum atomic E-state index is 13.3. The molecule has 0 radical (unpaired) electrons. The quantitative estimate of drug-likeness (QED) is 0.225. The van der Waals surface area contributed by atoms with E-state index in [1.165, 1.54) is 26.2 Å². The molecule has 0 amide bonds. The number of carbonyl (C=O) groups is 3. The van der Waals surface area contributed by atoms with Gasteiger partial charge in [0.2, 0.25) is 0 Å². The Hall–Kier alpha value is -1.99. The van der Waals surface area contributed by atoms with Crippen LogP contribution in [0.5, 0.6) is 0 Å². The molecule has 0 aromatic heterocycles. The molecule has 0 aliphatic heterocycles. The molecule has 2 N–H and O–H groups in total. The van der Waals surface area contributed by atoms with Crippen LogP contribution < -0.4 is 0 Å². The average Bonchev–Trinajstić information content (AvgIpc) is 2.98. The van der Waals surface area contributed by atoms with Gasteiger partial charge in [-0.15, -0.1) is 0 Å². The van der Waals surface area contributed by atoms with Gasteiger partial charge in [0.1, 0.15) is 17.8 Å². The van der Waals surface area contributed by atoms with Crippen molar-refractivity contribution >= 4 is 17.7 Å². The molecule has 1 fully saturated rings. The zero-order chi connectivity index (χ0) is 28.5. The Balaban J connectivity index is 1.91. The third-order valence-corrected chi connectivity index (χ3v) is 9.73. The number of ether oxygens (including phenoxy) is 2. The zero-order valence-electron chi connectivity index (χ0n) is 24.4. The number of esters is 2. The lowest BCUT2D eigenvalue weighted by molar-refractivity contribution is -0.244. The number of ketones is 1. The molecule has 7 heteroatoms. The van der Waals surface area contributed by atoms with Gasteiger partial charge >= 0.3 is 11.9 Å². The van der Waals surface area contributed by atoms with Crippen molar-refractivity contribution in [2.24, 2.45) is 23.2 Å². The van der Waals surface area contributed by atoms with Crippen LogP contribution in [0.25, 0.3) is 0 Å². The normalized spacial score (nSPS) is 35.9. The highest BCUT2D eigenvalue weighted by Crippen LogP contribution is 2.63. The van der Waals surface area contributed by atoms with Crippen LogP contribution in [0.1, 0.15) is 106 Å². The van der Waals surface area contributed by atoms with E-state index in [2.05, 4.69) is 6.92 Å². The van der Waals surface area contributed by atoms with Crippen LogP contribution in [0.3, 0.4) is 0 Å². The molecule has 38 heavy (non-hydrogen) atoms. The van der Waals surface area contributed by atoms with Gasteiger partial charge in [-0.25, -0.2) is 0 Å². The van der Waals surface area contributed by atoms with Gasteiger partial charge in [-0.1, -0.05) is 72.0 Å². The fourth-order valence-electron chi connectivity index (χ4n) is 7.24. The molecule has 0 aromatic carbocycles. The van der Waals surface area contributed by atoms with Crippen LogP contribution in [0, 0.1) is 23.2 Å². The number of aliphatic hydroxyl groups is 2. The van der Waals surface area contributed by atoms with Gasteiger partial charge in [0, 0.05) is 37.0 Å². The molecule has 214 valence electrons. The topological polar surface area (TPSA) is 110 Å². The molecular weight excluding hydrogens is 484 g/mol. The molecule has 0 aromatic rings. The van der Waals surface area contributed by atoms with Gasteiger partial charge < -0.3 is 19.7 Å². The van der Waals surface area contributed by atoms with E-state index in [0.29, 0.717) is 24.0 Å². The molecule has 0 spiro atoms. The Labute approximate surface area is 228 Å². The van der Waals surface area contributed by atoms with E-state index in [-0.39, 0.29) is 19.0 Å². The van der Waals surface area contributed by atoms with E-state index in [9.17, 15) is 24.6 Å². The van der Waals surface area contributed by atoms with Crippen LogP contribution in [0.2, 0.25) is 0 Å². The second-order valence-electron chi connectivity index (χ2n) is 12.8. The van der Waals surface area contributed by atoms with Crippen molar-refractivity contribution < 1.29 is 34.1 Å². The predicted molar refractivity (Wildman–Crippen MR) is 145 cm³/mol. The largest absolute Gasteiger partial charge is 0.461 e. The summed E-state index contributed by atoms with van der Waals surface area (Å²) >= 11 is 0. The Morgan fingerprint density at radius 1 is 1.03 bits per heavy atom. The van der Waals surface area contributed by atoms with E-state index in [4.69, 9.17) is 9.47 Å². The fourth-order valence-corrected chi connectivity index (χ4v) is 7.24. The summed E-state index contributed by atoms with van der Waals surface area (Å²) in [4.78, 5) is 37.9.